The molecule has 0 saturated heterocycles. The van der Waals surface area contributed by atoms with Gasteiger partial charge < -0.3 is 20.3 Å². The van der Waals surface area contributed by atoms with Crippen LogP contribution in [-0.2, 0) is 11.3 Å². The first-order chi connectivity index (χ1) is 7.76. The second-order valence-corrected chi connectivity index (χ2v) is 4.71. The molecule has 1 aromatic rings. The molecule has 0 aliphatic heterocycles. The lowest BCUT2D eigenvalue weighted by atomic mass is 10.2. The molecule has 5 nitrogen and oxygen atoms in total. The van der Waals surface area contributed by atoms with Crippen LogP contribution in [0.15, 0.2) is 18.2 Å². The van der Waals surface area contributed by atoms with Gasteiger partial charge in [0.1, 0.15) is 17.1 Å². The predicted octanol–water partition coefficient (Wildman–Crippen LogP) is 2.12. The van der Waals surface area contributed by atoms with Gasteiger partial charge in [-0.3, -0.25) is 0 Å². The number of benzene rings is 1. The average Bonchev–Trinajstić information content (AvgIpc) is 2.10. The van der Waals surface area contributed by atoms with E-state index in [1.165, 1.54) is 18.2 Å². The minimum Gasteiger partial charge on any atom is -0.508 e. The number of rotatable bonds is 2. The van der Waals surface area contributed by atoms with E-state index in [0.717, 1.165) is 0 Å². The van der Waals surface area contributed by atoms with Crippen LogP contribution in [0.2, 0.25) is 0 Å². The summed E-state index contributed by atoms with van der Waals surface area (Å²) in [4.78, 5) is 11.3. The Morgan fingerprint density at radius 2 is 1.76 bits per heavy atom. The second kappa shape index (κ2) is 4.95. The van der Waals surface area contributed by atoms with Crippen molar-refractivity contribution in [1.82, 2.24) is 5.32 Å². The molecule has 0 fully saturated rings. The van der Waals surface area contributed by atoms with Crippen molar-refractivity contribution in [2.24, 2.45) is 0 Å². The average molecular weight is 239 g/mol. The van der Waals surface area contributed by atoms with E-state index in [0.29, 0.717) is 5.56 Å². The molecule has 94 valence electrons. The van der Waals surface area contributed by atoms with Gasteiger partial charge in [0.15, 0.2) is 0 Å². The summed E-state index contributed by atoms with van der Waals surface area (Å²) in [5, 5.41) is 21.0. The highest BCUT2D eigenvalue weighted by atomic mass is 16.6. The van der Waals surface area contributed by atoms with E-state index < -0.39 is 11.7 Å². The Labute approximate surface area is 100 Å². The van der Waals surface area contributed by atoms with Crippen molar-refractivity contribution in [2.45, 2.75) is 32.9 Å². The molecule has 0 saturated carbocycles. The van der Waals surface area contributed by atoms with E-state index in [-0.39, 0.29) is 18.0 Å². The lowest BCUT2D eigenvalue weighted by molar-refractivity contribution is 0.0523. The maximum absolute atomic E-state index is 11.3. The Morgan fingerprint density at radius 1 is 1.24 bits per heavy atom. The molecule has 1 aromatic carbocycles. The van der Waals surface area contributed by atoms with Crippen LogP contribution < -0.4 is 5.32 Å². The van der Waals surface area contributed by atoms with Gasteiger partial charge in [-0.25, -0.2) is 4.79 Å². The first kappa shape index (κ1) is 13.2. The van der Waals surface area contributed by atoms with Crippen LogP contribution in [0.4, 0.5) is 4.79 Å². The van der Waals surface area contributed by atoms with Gasteiger partial charge in [0.2, 0.25) is 0 Å². The monoisotopic (exact) mass is 239 g/mol. The van der Waals surface area contributed by atoms with Crippen molar-refractivity contribution in [3.63, 3.8) is 0 Å². The Hall–Kier alpha value is -1.91. The summed E-state index contributed by atoms with van der Waals surface area (Å²) in [6.07, 6.45) is -0.541. The van der Waals surface area contributed by atoms with Gasteiger partial charge in [-0.2, -0.15) is 0 Å². The fourth-order valence-electron chi connectivity index (χ4n) is 1.25. The van der Waals surface area contributed by atoms with Crippen LogP contribution >= 0.6 is 0 Å². The van der Waals surface area contributed by atoms with E-state index >= 15 is 0 Å². The number of phenols is 2. The zero-order valence-corrected chi connectivity index (χ0v) is 10.2. The second-order valence-electron chi connectivity index (χ2n) is 4.71. The molecular formula is C12H17NO4. The minimum atomic E-state index is -0.551. The number of hydrogen-bond acceptors (Lipinski definition) is 4. The molecular weight excluding hydrogens is 222 g/mol. The highest BCUT2D eigenvalue weighted by Crippen LogP contribution is 2.20. The lowest BCUT2D eigenvalue weighted by Gasteiger charge is -2.19. The van der Waals surface area contributed by atoms with Crippen LogP contribution in [0.5, 0.6) is 11.5 Å². The van der Waals surface area contributed by atoms with Gasteiger partial charge in [-0.05, 0) is 38.5 Å². The molecule has 0 aromatic heterocycles. The zero-order chi connectivity index (χ0) is 13.1. The molecule has 0 spiro atoms. The molecule has 5 heteroatoms. The van der Waals surface area contributed by atoms with Gasteiger partial charge in [0.05, 0.1) is 0 Å². The smallest absolute Gasteiger partial charge is 0.407 e. The van der Waals surface area contributed by atoms with Crippen molar-refractivity contribution in [3.05, 3.63) is 23.8 Å². The molecule has 1 rings (SSSR count). The van der Waals surface area contributed by atoms with E-state index in [1.54, 1.807) is 20.8 Å². The summed E-state index contributed by atoms with van der Waals surface area (Å²) in [6.45, 7) is 5.49. The van der Waals surface area contributed by atoms with E-state index in [9.17, 15) is 15.0 Å². The van der Waals surface area contributed by atoms with Gasteiger partial charge >= 0.3 is 6.09 Å². The maximum Gasteiger partial charge on any atom is 0.407 e. The summed E-state index contributed by atoms with van der Waals surface area (Å²) in [7, 11) is 0. The third-order valence-corrected chi connectivity index (χ3v) is 1.80. The SMILES string of the molecule is CC(C)(C)OC(=O)NCc1cc(O)cc(O)c1. The minimum absolute atomic E-state index is 0.0500. The lowest BCUT2D eigenvalue weighted by Crippen LogP contribution is -2.32. The summed E-state index contributed by atoms with van der Waals surface area (Å²) < 4.78 is 5.04. The van der Waals surface area contributed by atoms with Crippen molar-refractivity contribution >= 4 is 6.09 Å². The number of carbonyl (C=O) groups excluding carboxylic acids is 1. The van der Waals surface area contributed by atoms with Crippen LogP contribution in [-0.4, -0.2) is 21.9 Å². The van der Waals surface area contributed by atoms with E-state index in [1.807, 2.05) is 0 Å². The van der Waals surface area contributed by atoms with Crippen LogP contribution in [0.1, 0.15) is 26.3 Å². The van der Waals surface area contributed by atoms with Gasteiger partial charge in [0, 0.05) is 12.6 Å². The first-order valence-corrected chi connectivity index (χ1v) is 5.25. The van der Waals surface area contributed by atoms with Gasteiger partial charge in [-0.15, -0.1) is 0 Å². The van der Waals surface area contributed by atoms with Crippen LogP contribution in [0.3, 0.4) is 0 Å². The molecule has 0 atom stereocenters. The quantitative estimate of drug-likeness (QED) is 0.738. The highest BCUT2D eigenvalue weighted by Gasteiger charge is 2.15. The Bertz CT molecular complexity index is 389. The largest absolute Gasteiger partial charge is 0.508 e. The molecule has 0 unspecified atom stereocenters. The summed E-state index contributed by atoms with van der Waals surface area (Å²) in [5.41, 5.74) is 0.0405. The van der Waals surface area contributed by atoms with Crippen LogP contribution in [0.25, 0.3) is 0 Å². The normalized spacial score (nSPS) is 11.0. The number of aromatic hydroxyl groups is 2. The van der Waals surface area contributed by atoms with Crippen LogP contribution in [0, 0.1) is 0 Å². The Morgan fingerprint density at radius 3 is 2.24 bits per heavy atom. The van der Waals surface area contributed by atoms with Gasteiger partial charge in [0.25, 0.3) is 0 Å². The Kier molecular flexibility index (Phi) is 3.83. The summed E-state index contributed by atoms with van der Waals surface area (Å²) in [6, 6.07) is 4.13. The van der Waals surface area contributed by atoms with Gasteiger partial charge in [-0.1, -0.05) is 0 Å². The highest BCUT2D eigenvalue weighted by molar-refractivity contribution is 5.67. The fourth-order valence-corrected chi connectivity index (χ4v) is 1.25. The molecule has 0 bridgehead atoms. The van der Waals surface area contributed by atoms with Crippen molar-refractivity contribution in [3.8, 4) is 11.5 Å². The third-order valence-electron chi connectivity index (χ3n) is 1.80. The molecule has 1 amide bonds. The number of hydrogen-bond donors (Lipinski definition) is 3. The van der Waals surface area contributed by atoms with E-state index in [4.69, 9.17) is 4.74 Å². The number of phenolic OH excluding ortho intramolecular Hbond substituents is 2. The number of alkyl carbamates (subject to hydrolysis) is 1. The topological polar surface area (TPSA) is 78.8 Å². The molecule has 17 heavy (non-hydrogen) atoms. The van der Waals surface area contributed by atoms with Crippen molar-refractivity contribution in [2.75, 3.05) is 0 Å². The standard InChI is InChI=1S/C12H17NO4/c1-12(2,3)17-11(16)13-7-8-4-9(14)6-10(15)5-8/h4-6,14-15H,7H2,1-3H3,(H,13,16). The first-order valence-electron chi connectivity index (χ1n) is 5.25. The van der Waals surface area contributed by atoms with Crippen molar-refractivity contribution < 1.29 is 19.7 Å². The molecule has 0 heterocycles. The number of amides is 1. The summed E-state index contributed by atoms with van der Waals surface area (Å²) in [5.74, 6) is -0.100. The number of carbonyl (C=O) groups is 1. The number of nitrogens with one attached hydrogen (secondary N) is 1. The Balaban J connectivity index is 2.53. The third kappa shape index (κ3) is 5.10. The van der Waals surface area contributed by atoms with E-state index in [2.05, 4.69) is 5.32 Å². The molecule has 0 aliphatic rings. The molecule has 0 aliphatic carbocycles. The van der Waals surface area contributed by atoms with Crippen molar-refractivity contribution in [1.29, 1.82) is 0 Å². The molecule has 0 radical (unpaired) electrons. The fraction of sp³-hybridized carbons (Fsp3) is 0.417. The maximum atomic E-state index is 11.3. The zero-order valence-electron chi connectivity index (χ0n) is 10.2. The number of ether oxygens (including phenoxy) is 1. The predicted molar refractivity (Wildman–Crippen MR) is 62.8 cm³/mol. The summed E-state index contributed by atoms with van der Waals surface area (Å²) >= 11 is 0. The molecule has 3 N–H and O–H groups in total.